The van der Waals surface area contributed by atoms with E-state index in [9.17, 15) is 8.78 Å². The van der Waals surface area contributed by atoms with Crippen LogP contribution >= 0.6 is 34.2 Å². The van der Waals surface area contributed by atoms with Gasteiger partial charge in [-0.2, -0.15) is 0 Å². The van der Waals surface area contributed by atoms with Gasteiger partial charge in [0.1, 0.15) is 5.75 Å². The van der Waals surface area contributed by atoms with Crippen molar-refractivity contribution in [3.05, 3.63) is 21.0 Å². The zero-order valence-electron chi connectivity index (χ0n) is 6.27. The zero-order chi connectivity index (χ0) is 10.0. The predicted octanol–water partition coefficient (Wildman–Crippen LogP) is 3.07. The Hall–Kier alpha value is -0.170. The van der Waals surface area contributed by atoms with Crippen LogP contribution in [0.3, 0.4) is 0 Å². The standard InChI is InChI=1S/C7H5ClF2INO/c8-1-3-6(11)5(7(9)10)4(13)2-12-3/h2,7,13H,1H2. The molecule has 0 spiro atoms. The molecule has 0 saturated carbocycles. The quantitative estimate of drug-likeness (QED) is 0.671. The lowest BCUT2D eigenvalue weighted by Gasteiger charge is -2.08. The number of rotatable bonds is 2. The summed E-state index contributed by atoms with van der Waals surface area (Å²) in [5.41, 5.74) is -0.0402. The van der Waals surface area contributed by atoms with Crippen molar-refractivity contribution < 1.29 is 13.9 Å². The molecule has 72 valence electrons. The Bertz CT molecular complexity index is 322. The fourth-order valence-corrected chi connectivity index (χ4v) is 2.10. The Morgan fingerprint density at radius 1 is 1.62 bits per heavy atom. The van der Waals surface area contributed by atoms with Crippen LogP contribution < -0.4 is 0 Å². The summed E-state index contributed by atoms with van der Waals surface area (Å²) in [6.07, 6.45) is -1.72. The Labute approximate surface area is 92.1 Å². The number of aromatic nitrogens is 1. The monoisotopic (exact) mass is 319 g/mol. The van der Waals surface area contributed by atoms with E-state index < -0.39 is 17.7 Å². The molecule has 13 heavy (non-hydrogen) atoms. The highest BCUT2D eigenvalue weighted by Crippen LogP contribution is 2.33. The minimum absolute atomic E-state index is 0.0538. The molecule has 6 heteroatoms. The second-order valence-electron chi connectivity index (χ2n) is 2.25. The van der Waals surface area contributed by atoms with Gasteiger partial charge in [-0.25, -0.2) is 8.78 Å². The third-order valence-corrected chi connectivity index (χ3v) is 2.91. The van der Waals surface area contributed by atoms with E-state index in [-0.39, 0.29) is 9.45 Å². The van der Waals surface area contributed by atoms with Crippen molar-refractivity contribution >= 4 is 34.2 Å². The minimum atomic E-state index is -2.71. The molecule has 0 radical (unpaired) electrons. The van der Waals surface area contributed by atoms with E-state index in [4.69, 9.17) is 16.7 Å². The summed E-state index contributed by atoms with van der Waals surface area (Å²) in [5, 5.41) is 9.09. The molecule has 0 aromatic carbocycles. The average molecular weight is 319 g/mol. The third-order valence-electron chi connectivity index (χ3n) is 1.45. The topological polar surface area (TPSA) is 33.1 Å². The van der Waals surface area contributed by atoms with Crippen LogP contribution in [-0.4, -0.2) is 10.1 Å². The van der Waals surface area contributed by atoms with E-state index in [1.165, 1.54) is 0 Å². The first-order valence-electron chi connectivity index (χ1n) is 3.28. The van der Waals surface area contributed by atoms with Crippen molar-refractivity contribution in [3.8, 4) is 5.75 Å². The van der Waals surface area contributed by atoms with Crippen molar-refractivity contribution in [2.45, 2.75) is 12.3 Å². The SMILES string of the molecule is Oc1cnc(CCl)c(I)c1C(F)F. The maximum Gasteiger partial charge on any atom is 0.268 e. The summed E-state index contributed by atoms with van der Waals surface area (Å²) in [7, 11) is 0. The first-order valence-corrected chi connectivity index (χ1v) is 4.89. The van der Waals surface area contributed by atoms with Crippen LogP contribution in [0, 0.1) is 3.57 Å². The highest BCUT2D eigenvalue weighted by molar-refractivity contribution is 14.1. The summed E-state index contributed by atoms with van der Waals surface area (Å²) in [4.78, 5) is 3.72. The molecule has 0 aliphatic heterocycles. The van der Waals surface area contributed by atoms with Crippen molar-refractivity contribution in [2.75, 3.05) is 0 Å². The summed E-state index contributed by atoms with van der Waals surface area (Å²) in [6, 6.07) is 0. The van der Waals surface area contributed by atoms with E-state index in [0.717, 1.165) is 6.20 Å². The van der Waals surface area contributed by atoms with Gasteiger partial charge in [0.05, 0.1) is 23.3 Å². The second-order valence-corrected chi connectivity index (χ2v) is 3.60. The third kappa shape index (κ3) is 2.19. The lowest BCUT2D eigenvalue weighted by molar-refractivity contribution is 0.146. The fourth-order valence-electron chi connectivity index (χ4n) is 0.834. The van der Waals surface area contributed by atoms with Gasteiger partial charge in [-0.15, -0.1) is 11.6 Å². The van der Waals surface area contributed by atoms with Gasteiger partial charge >= 0.3 is 0 Å². The van der Waals surface area contributed by atoms with Crippen LogP contribution in [0.25, 0.3) is 0 Å². The van der Waals surface area contributed by atoms with Crippen molar-refractivity contribution in [3.63, 3.8) is 0 Å². The molecule has 2 nitrogen and oxygen atoms in total. The number of pyridine rings is 1. The van der Waals surface area contributed by atoms with Crippen LogP contribution in [0.4, 0.5) is 8.78 Å². The van der Waals surface area contributed by atoms with Crippen LogP contribution in [-0.2, 0) is 5.88 Å². The first kappa shape index (κ1) is 10.9. The van der Waals surface area contributed by atoms with Gasteiger partial charge in [0, 0.05) is 3.57 Å². The first-order chi connectivity index (χ1) is 6.07. The number of aromatic hydroxyl groups is 1. The molecule has 0 aliphatic rings. The van der Waals surface area contributed by atoms with Crippen LogP contribution in [0.15, 0.2) is 6.20 Å². The van der Waals surface area contributed by atoms with Crippen LogP contribution in [0.5, 0.6) is 5.75 Å². The Balaban J connectivity index is 3.30. The van der Waals surface area contributed by atoms with E-state index in [1.807, 2.05) is 0 Å². The number of hydrogen-bond acceptors (Lipinski definition) is 2. The van der Waals surface area contributed by atoms with Gasteiger partial charge in [-0.1, -0.05) is 0 Å². The lowest BCUT2D eigenvalue weighted by atomic mass is 10.2. The van der Waals surface area contributed by atoms with Crippen molar-refractivity contribution in [1.82, 2.24) is 4.98 Å². The molecule has 1 aromatic heterocycles. The molecule has 0 saturated heterocycles. The normalized spacial score (nSPS) is 10.8. The molecular formula is C7H5ClF2INO. The van der Waals surface area contributed by atoms with Gasteiger partial charge in [0.15, 0.2) is 0 Å². The largest absolute Gasteiger partial charge is 0.506 e. The number of nitrogens with zero attached hydrogens (tertiary/aromatic N) is 1. The van der Waals surface area contributed by atoms with E-state index in [1.54, 1.807) is 22.6 Å². The Morgan fingerprint density at radius 2 is 2.23 bits per heavy atom. The highest BCUT2D eigenvalue weighted by atomic mass is 127. The maximum atomic E-state index is 12.4. The molecule has 0 atom stereocenters. The smallest absolute Gasteiger partial charge is 0.268 e. The summed E-state index contributed by atoms with van der Waals surface area (Å²) in [6.45, 7) is 0. The van der Waals surface area contributed by atoms with E-state index >= 15 is 0 Å². The van der Waals surface area contributed by atoms with Gasteiger partial charge in [0.25, 0.3) is 6.43 Å². The maximum absolute atomic E-state index is 12.4. The van der Waals surface area contributed by atoms with Gasteiger partial charge in [0.2, 0.25) is 0 Å². The van der Waals surface area contributed by atoms with Crippen molar-refractivity contribution in [1.29, 1.82) is 0 Å². The fraction of sp³-hybridized carbons (Fsp3) is 0.286. The number of hydrogen-bond donors (Lipinski definition) is 1. The molecule has 1 N–H and O–H groups in total. The van der Waals surface area contributed by atoms with Gasteiger partial charge in [-0.3, -0.25) is 4.98 Å². The predicted molar refractivity (Wildman–Crippen MR) is 53.1 cm³/mol. The van der Waals surface area contributed by atoms with Gasteiger partial charge < -0.3 is 5.11 Å². The Morgan fingerprint density at radius 3 is 2.69 bits per heavy atom. The summed E-state index contributed by atoms with van der Waals surface area (Å²) < 4.78 is 25.0. The lowest BCUT2D eigenvalue weighted by Crippen LogP contribution is -1.98. The molecule has 0 amide bonds. The Kier molecular flexibility index (Phi) is 3.66. The van der Waals surface area contributed by atoms with Crippen molar-refractivity contribution in [2.24, 2.45) is 0 Å². The van der Waals surface area contributed by atoms with Gasteiger partial charge in [-0.05, 0) is 22.6 Å². The molecule has 1 heterocycles. The van der Waals surface area contributed by atoms with Crippen LogP contribution in [0.1, 0.15) is 17.7 Å². The summed E-state index contributed by atoms with van der Waals surface area (Å²) >= 11 is 7.16. The molecule has 0 fully saturated rings. The average Bonchev–Trinajstić information content (AvgIpc) is 2.04. The minimum Gasteiger partial charge on any atom is -0.506 e. The second kappa shape index (κ2) is 4.36. The summed E-state index contributed by atoms with van der Waals surface area (Å²) in [5.74, 6) is -0.439. The van der Waals surface area contributed by atoms with E-state index in [0.29, 0.717) is 5.69 Å². The number of alkyl halides is 3. The molecule has 0 aliphatic carbocycles. The van der Waals surface area contributed by atoms with Crippen LogP contribution in [0.2, 0.25) is 0 Å². The highest BCUT2D eigenvalue weighted by Gasteiger charge is 2.19. The zero-order valence-corrected chi connectivity index (χ0v) is 9.18. The molecular weight excluding hydrogens is 314 g/mol. The molecule has 1 rings (SSSR count). The molecule has 1 aromatic rings. The number of halogens is 4. The van der Waals surface area contributed by atoms with E-state index in [2.05, 4.69) is 4.98 Å². The molecule has 0 unspecified atom stereocenters. The molecule has 0 bridgehead atoms.